The maximum absolute atomic E-state index is 13.8. The third kappa shape index (κ3) is 3.33. The fourth-order valence-electron chi connectivity index (χ4n) is 2.64. The van der Waals surface area contributed by atoms with Crippen LogP contribution >= 0.6 is 15.9 Å². The number of carbonyl (C=O) groups excluding carboxylic acids is 2. The van der Waals surface area contributed by atoms with Gasteiger partial charge in [-0.3, -0.25) is 9.59 Å². The Morgan fingerprint density at radius 3 is 2.83 bits per heavy atom. The Hall–Kier alpha value is -2.21. The summed E-state index contributed by atoms with van der Waals surface area (Å²) in [5.74, 6) is -0.379. The minimum absolute atomic E-state index is 0.0875. The molecule has 0 bridgehead atoms. The van der Waals surface area contributed by atoms with Gasteiger partial charge < -0.3 is 10.1 Å². The summed E-state index contributed by atoms with van der Waals surface area (Å²) in [6, 6.07) is 9.62. The predicted octanol–water partition coefficient (Wildman–Crippen LogP) is 4.12. The van der Waals surface area contributed by atoms with Gasteiger partial charge in [-0.05, 0) is 37.6 Å². The van der Waals surface area contributed by atoms with Crippen LogP contribution in [-0.4, -0.2) is 17.8 Å². The minimum Gasteiger partial charge on any atom is -0.481 e. The SMILES string of the molecule is C[C@@H](Oc1cccc2c1CCC2=O)C(=O)Nc1ccc(Br)cc1F. The molecule has 2 aromatic carbocycles. The Bertz CT molecular complexity index is 822. The van der Waals surface area contributed by atoms with Crippen LogP contribution in [0.3, 0.4) is 0 Å². The standard InChI is InChI=1S/C18H15BrFNO3/c1-10(18(23)21-15-7-5-11(19)9-14(15)20)24-17-4-2-3-12-13(17)6-8-16(12)22/h2-5,7,9-10H,6,8H2,1H3,(H,21,23)/t10-/m1/s1. The molecule has 1 atom stereocenters. The molecule has 1 aliphatic rings. The molecule has 24 heavy (non-hydrogen) atoms. The zero-order valence-electron chi connectivity index (χ0n) is 12.9. The summed E-state index contributed by atoms with van der Waals surface area (Å²) >= 11 is 3.16. The molecule has 6 heteroatoms. The lowest BCUT2D eigenvalue weighted by Crippen LogP contribution is -2.30. The van der Waals surface area contributed by atoms with E-state index in [9.17, 15) is 14.0 Å². The van der Waals surface area contributed by atoms with Gasteiger partial charge >= 0.3 is 0 Å². The molecule has 2 aromatic rings. The van der Waals surface area contributed by atoms with Gasteiger partial charge in [0.05, 0.1) is 5.69 Å². The molecule has 0 aliphatic heterocycles. The van der Waals surface area contributed by atoms with E-state index >= 15 is 0 Å². The van der Waals surface area contributed by atoms with Crippen molar-refractivity contribution in [2.45, 2.75) is 25.9 Å². The van der Waals surface area contributed by atoms with Crippen LogP contribution < -0.4 is 10.1 Å². The molecule has 1 aliphatic carbocycles. The van der Waals surface area contributed by atoms with E-state index in [-0.39, 0.29) is 11.5 Å². The largest absolute Gasteiger partial charge is 0.481 e. The Morgan fingerprint density at radius 1 is 1.29 bits per heavy atom. The van der Waals surface area contributed by atoms with Crippen molar-refractivity contribution < 1.29 is 18.7 Å². The van der Waals surface area contributed by atoms with Crippen LogP contribution in [-0.2, 0) is 11.2 Å². The average Bonchev–Trinajstić information content (AvgIpc) is 2.92. The summed E-state index contributed by atoms with van der Waals surface area (Å²) in [6.45, 7) is 1.59. The quantitative estimate of drug-likeness (QED) is 0.852. The molecule has 0 unspecified atom stereocenters. The van der Waals surface area contributed by atoms with Gasteiger partial charge in [-0.1, -0.05) is 28.1 Å². The van der Waals surface area contributed by atoms with Crippen LogP contribution in [0.25, 0.3) is 0 Å². The average molecular weight is 392 g/mol. The van der Waals surface area contributed by atoms with Crippen molar-refractivity contribution >= 4 is 33.3 Å². The van der Waals surface area contributed by atoms with Gasteiger partial charge in [0, 0.05) is 22.0 Å². The number of benzene rings is 2. The van der Waals surface area contributed by atoms with Gasteiger partial charge in [0.15, 0.2) is 11.9 Å². The Balaban J connectivity index is 1.72. The normalized spacial score (nSPS) is 14.2. The number of rotatable bonds is 4. The molecule has 0 saturated carbocycles. The van der Waals surface area contributed by atoms with Crippen molar-refractivity contribution in [2.75, 3.05) is 5.32 Å². The number of hydrogen-bond acceptors (Lipinski definition) is 3. The van der Waals surface area contributed by atoms with Crippen LogP contribution in [0.4, 0.5) is 10.1 Å². The van der Waals surface area contributed by atoms with Gasteiger partial charge in [-0.2, -0.15) is 0 Å². The van der Waals surface area contributed by atoms with E-state index in [1.54, 1.807) is 31.2 Å². The Morgan fingerprint density at radius 2 is 2.08 bits per heavy atom. The van der Waals surface area contributed by atoms with Crippen molar-refractivity contribution in [3.63, 3.8) is 0 Å². The zero-order valence-corrected chi connectivity index (χ0v) is 14.5. The Kier molecular flexibility index (Phi) is 4.66. The van der Waals surface area contributed by atoms with E-state index in [2.05, 4.69) is 21.2 Å². The highest BCUT2D eigenvalue weighted by atomic mass is 79.9. The smallest absolute Gasteiger partial charge is 0.265 e. The number of fused-ring (bicyclic) bond motifs is 1. The molecule has 0 saturated heterocycles. The highest BCUT2D eigenvalue weighted by Crippen LogP contribution is 2.31. The molecule has 0 heterocycles. The molecule has 0 spiro atoms. The van der Waals surface area contributed by atoms with Gasteiger partial charge in [-0.15, -0.1) is 0 Å². The van der Waals surface area contributed by atoms with Crippen molar-refractivity contribution in [3.8, 4) is 5.75 Å². The van der Waals surface area contributed by atoms with E-state index in [0.717, 1.165) is 5.56 Å². The summed E-state index contributed by atoms with van der Waals surface area (Å²) in [7, 11) is 0. The van der Waals surface area contributed by atoms with Gasteiger partial charge in [0.25, 0.3) is 5.91 Å². The van der Waals surface area contributed by atoms with Crippen molar-refractivity contribution in [1.29, 1.82) is 0 Å². The first-order valence-electron chi connectivity index (χ1n) is 7.53. The second kappa shape index (κ2) is 6.73. The molecule has 1 N–H and O–H groups in total. The molecule has 4 nitrogen and oxygen atoms in total. The molecular formula is C18H15BrFNO3. The lowest BCUT2D eigenvalue weighted by molar-refractivity contribution is -0.122. The topological polar surface area (TPSA) is 55.4 Å². The maximum atomic E-state index is 13.8. The molecule has 124 valence electrons. The number of amides is 1. The molecular weight excluding hydrogens is 377 g/mol. The first-order chi connectivity index (χ1) is 11.5. The van der Waals surface area contributed by atoms with Gasteiger partial charge in [0.2, 0.25) is 0 Å². The number of ketones is 1. The lowest BCUT2D eigenvalue weighted by Gasteiger charge is -2.17. The summed E-state index contributed by atoms with van der Waals surface area (Å²) in [5, 5.41) is 2.51. The van der Waals surface area contributed by atoms with E-state index in [4.69, 9.17) is 4.74 Å². The van der Waals surface area contributed by atoms with E-state index < -0.39 is 17.8 Å². The number of nitrogens with one attached hydrogen (secondary N) is 1. The molecule has 1 amide bonds. The second-order valence-corrected chi connectivity index (χ2v) is 6.49. The van der Waals surface area contributed by atoms with Crippen molar-refractivity contribution in [1.82, 2.24) is 0 Å². The third-order valence-electron chi connectivity index (χ3n) is 3.90. The fourth-order valence-corrected chi connectivity index (χ4v) is 2.97. The zero-order chi connectivity index (χ0) is 17.3. The monoisotopic (exact) mass is 391 g/mol. The van der Waals surface area contributed by atoms with Crippen LogP contribution in [0.2, 0.25) is 0 Å². The number of anilines is 1. The van der Waals surface area contributed by atoms with Gasteiger partial charge in [-0.25, -0.2) is 4.39 Å². The minimum atomic E-state index is -0.824. The van der Waals surface area contributed by atoms with E-state index in [1.165, 1.54) is 12.1 Å². The van der Waals surface area contributed by atoms with E-state index in [0.29, 0.717) is 28.6 Å². The maximum Gasteiger partial charge on any atom is 0.265 e. The molecule has 0 radical (unpaired) electrons. The number of Topliss-reactive ketones (excluding diaryl/α,β-unsaturated/α-hetero) is 1. The lowest BCUT2D eigenvalue weighted by atomic mass is 10.1. The number of hydrogen-bond donors (Lipinski definition) is 1. The van der Waals surface area contributed by atoms with Crippen LogP contribution in [0, 0.1) is 5.82 Å². The summed E-state index contributed by atoms with van der Waals surface area (Å²) < 4.78 is 20.1. The third-order valence-corrected chi connectivity index (χ3v) is 4.39. The Labute approximate surface area is 147 Å². The molecule has 0 fully saturated rings. The summed E-state index contributed by atoms with van der Waals surface area (Å²) in [5.41, 5.74) is 1.57. The van der Waals surface area contributed by atoms with E-state index in [1.807, 2.05) is 0 Å². The number of ether oxygens (including phenoxy) is 1. The summed E-state index contributed by atoms with van der Waals surface area (Å²) in [6.07, 6.45) is 0.246. The predicted molar refractivity (Wildman–Crippen MR) is 91.9 cm³/mol. The van der Waals surface area contributed by atoms with Crippen LogP contribution in [0.5, 0.6) is 5.75 Å². The second-order valence-electron chi connectivity index (χ2n) is 5.58. The highest BCUT2D eigenvalue weighted by Gasteiger charge is 2.25. The van der Waals surface area contributed by atoms with Crippen LogP contribution in [0.1, 0.15) is 29.3 Å². The van der Waals surface area contributed by atoms with Crippen molar-refractivity contribution in [2.24, 2.45) is 0 Å². The highest BCUT2D eigenvalue weighted by molar-refractivity contribution is 9.10. The van der Waals surface area contributed by atoms with Gasteiger partial charge in [0.1, 0.15) is 11.6 Å². The number of carbonyl (C=O) groups is 2. The molecule has 3 rings (SSSR count). The van der Waals surface area contributed by atoms with Crippen LogP contribution in [0.15, 0.2) is 40.9 Å². The van der Waals surface area contributed by atoms with Crippen molar-refractivity contribution in [3.05, 3.63) is 57.8 Å². The fraction of sp³-hybridized carbons (Fsp3) is 0.222. The first kappa shape index (κ1) is 16.6. The summed E-state index contributed by atoms with van der Waals surface area (Å²) in [4.78, 5) is 24.0. The number of halogens is 2. The first-order valence-corrected chi connectivity index (χ1v) is 8.32. The molecule has 0 aromatic heterocycles.